The van der Waals surface area contributed by atoms with Gasteiger partial charge in [0, 0.05) is 23.4 Å². The Hall–Kier alpha value is -4.27. The number of halogens is 3. The highest BCUT2D eigenvalue weighted by molar-refractivity contribution is 6.08. The van der Waals surface area contributed by atoms with E-state index in [2.05, 4.69) is 15.3 Å². The summed E-state index contributed by atoms with van der Waals surface area (Å²) in [5.41, 5.74) is 1.41. The molecule has 0 saturated carbocycles. The minimum absolute atomic E-state index is 0.00343. The third-order valence-electron chi connectivity index (χ3n) is 5.62. The summed E-state index contributed by atoms with van der Waals surface area (Å²) in [6.45, 7) is 3.58. The van der Waals surface area contributed by atoms with Gasteiger partial charge in [-0.25, -0.2) is 9.97 Å². The smallest absolute Gasteiger partial charge is 0.416 e. The van der Waals surface area contributed by atoms with Crippen LogP contribution in [0.5, 0.6) is 5.75 Å². The Morgan fingerprint density at radius 2 is 1.81 bits per heavy atom. The van der Waals surface area contributed by atoms with Crippen LogP contribution in [-0.2, 0) is 6.18 Å². The largest absolute Gasteiger partial charge is 0.507 e. The Kier molecular flexibility index (Phi) is 6.74. The molecule has 184 valence electrons. The van der Waals surface area contributed by atoms with Gasteiger partial charge in [0.25, 0.3) is 5.91 Å². The molecule has 1 amide bonds. The van der Waals surface area contributed by atoms with Crippen LogP contribution in [0.3, 0.4) is 0 Å². The van der Waals surface area contributed by atoms with Gasteiger partial charge in [-0.15, -0.1) is 0 Å². The molecule has 3 aromatic carbocycles. The molecule has 6 nitrogen and oxygen atoms in total. The second-order valence-electron chi connectivity index (χ2n) is 8.57. The lowest BCUT2D eigenvalue weighted by molar-refractivity contribution is -0.137. The zero-order valence-corrected chi connectivity index (χ0v) is 19.5. The molecule has 1 aromatic heterocycles. The summed E-state index contributed by atoms with van der Waals surface area (Å²) in [5.74, 6) is -0.408. The van der Waals surface area contributed by atoms with Crippen molar-refractivity contribution in [2.24, 2.45) is 0 Å². The average Bonchev–Trinajstić information content (AvgIpc) is 2.82. The molecule has 0 bridgehead atoms. The quantitative estimate of drug-likeness (QED) is 0.292. The lowest BCUT2D eigenvalue weighted by Crippen LogP contribution is -2.34. The molecule has 0 aliphatic rings. The molecule has 0 spiro atoms. The van der Waals surface area contributed by atoms with Crippen molar-refractivity contribution < 1.29 is 23.1 Å². The summed E-state index contributed by atoms with van der Waals surface area (Å²) < 4.78 is 39.0. The first-order valence-corrected chi connectivity index (χ1v) is 11.2. The summed E-state index contributed by atoms with van der Waals surface area (Å²) in [7, 11) is 0. The number of phenolic OH excluding ortho intramolecular Hbond substituents is 1. The van der Waals surface area contributed by atoms with E-state index in [4.69, 9.17) is 5.41 Å². The van der Waals surface area contributed by atoms with Crippen LogP contribution in [0.15, 0.2) is 66.7 Å². The number of alkyl halides is 3. The number of nitrogens with zero attached hydrogens (tertiary/aromatic N) is 2. The maximum absolute atomic E-state index is 13.0. The fourth-order valence-corrected chi connectivity index (χ4v) is 3.85. The number of benzene rings is 3. The highest BCUT2D eigenvalue weighted by Gasteiger charge is 2.31. The minimum Gasteiger partial charge on any atom is -0.507 e. The van der Waals surface area contributed by atoms with Crippen LogP contribution in [0.25, 0.3) is 22.3 Å². The molecule has 36 heavy (non-hydrogen) atoms. The van der Waals surface area contributed by atoms with Crippen molar-refractivity contribution in [3.05, 3.63) is 89.1 Å². The number of hydrogen-bond acceptors (Lipinski definition) is 5. The van der Waals surface area contributed by atoms with Gasteiger partial charge in [0.15, 0.2) is 5.82 Å². The van der Waals surface area contributed by atoms with E-state index in [0.29, 0.717) is 22.2 Å². The van der Waals surface area contributed by atoms with Gasteiger partial charge in [-0.1, -0.05) is 30.3 Å². The first kappa shape index (κ1) is 24.8. The molecule has 1 heterocycles. The van der Waals surface area contributed by atoms with Crippen LogP contribution in [0.4, 0.5) is 13.2 Å². The number of carbonyl (C=O) groups is 1. The van der Waals surface area contributed by atoms with Gasteiger partial charge in [0.05, 0.1) is 28.0 Å². The number of fused-ring (bicyclic) bond motifs is 1. The second kappa shape index (κ2) is 9.77. The van der Waals surface area contributed by atoms with E-state index < -0.39 is 23.7 Å². The van der Waals surface area contributed by atoms with E-state index in [9.17, 15) is 23.1 Å². The Balaban J connectivity index is 1.60. The monoisotopic (exact) mass is 492 g/mol. The molecule has 0 aliphatic carbocycles. The summed E-state index contributed by atoms with van der Waals surface area (Å²) in [6.07, 6.45) is -4.48. The van der Waals surface area contributed by atoms with Crippen LogP contribution in [0.2, 0.25) is 0 Å². The Morgan fingerprint density at radius 3 is 2.53 bits per heavy atom. The molecule has 1 atom stereocenters. The normalized spacial score (nSPS) is 12.4. The van der Waals surface area contributed by atoms with Crippen LogP contribution < -0.4 is 5.32 Å². The maximum atomic E-state index is 13.0. The van der Waals surface area contributed by atoms with Crippen molar-refractivity contribution in [3.63, 3.8) is 0 Å². The standard InChI is InChI=1S/C27H23F3N4O2/c1-15-10-11-19-22(12-15)33-25(20-8-3-4-9-23(20)35)34-24(19)21(31)13-16(2)32-26(36)17-6-5-7-18(14-17)27(28,29)30/h3-12,14,16,31,35H,13H2,1-2H3,(H,32,36)/t16-/m1/s1. The van der Waals surface area contributed by atoms with Gasteiger partial charge >= 0.3 is 6.18 Å². The van der Waals surface area contributed by atoms with Gasteiger partial charge in [0.2, 0.25) is 0 Å². The molecular formula is C27H23F3N4O2. The van der Waals surface area contributed by atoms with Crippen molar-refractivity contribution in [1.29, 1.82) is 5.41 Å². The van der Waals surface area contributed by atoms with Crippen LogP contribution in [-0.4, -0.2) is 32.7 Å². The molecule has 0 unspecified atom stereocenters. The lowest BCUT2D eigenvalue weighted by Gasteiger charge is -2.17. The molecule has 9 heteroatoms. The zero-order chi connectivity index (χ0) is 26.0. The fourth-order valence-electron chi connectivity index (χ4n) is 3.85. The number of aromatic nitrogens is 2. The van der Waals surface area contributed by atoms with E-state index in [0.717, 1.165) is 17.7 Å². The van der Waals surface area contributed by atoms with Crippen molar-refractivity contribution in [1.82, 2.24) is 15.3 Å². The van der Waals surface area contributed by atoms with Crippen molar-refractivity contribution in [3.8, 4) is 17.1 Å². The third-order valence-corrected chi connectivity index (χ3v) is 5.62. The molecule has 0 radical (unpaired) electrons. The van der Waals surface area contributed by atoms with Gasteiger partial charge < -0.3 is 15.8 Å². The number of carbonyl (C=O) groups excluding carboxylic acids is 1. The first-order chi connectivity index (χ1) is 17.0. The van der Waals surface area contributed by atoms with E-state index in [1.807, 2.05) is 25.1 Å². The fraction of sp³-hybridized carbons (Fsp3) is 0.185. The lowest BCUT2D eigenvalue weighted by atomic mass is 10.0. The third kappa shape index (κ3) is 5.35. The van der Waals surface area contributed by atoms with Crippen molar-refractivity contribution in [2.75, 3.05) is 0 Å². The molecule has 3 N–H and O–H groups in total. The Morgan fingerprint density at radius 1 is 1.06 bits per heavy atom. The number of aryl methyl sites for hydroxylation is 1. The van der Waals surface area contributed by atoms with Crippen LogP contribution in [0.1, 0.15) is 40.5 Å². The SMILES string of the molecule is Cc1ccc2c(C(=N)C[C@@H](C)NC(=O)c3cccc(C(F)(F)F)c3)nc(-c3ccccc3O)nc2c1. The topological polar surface area (TPSA) is 99.0 Å². The van der Waals surface area contributed by atoms with Crippen LogP contribution >= 0.6 is 0 Å². The van der Waals surface area contributed by atoms with Crippen molar-refractivity contribution in [2.45, 2.75) is 32.5 Å². The molecular weight excluding hydrogens is 469 g/mol. The van der Waals surface area contributed by atoms with E-state index in [1.165, 1.54) is 18.2 Å². The average molecular weight is 493 g/mol. The highest BCUT2D eigenvalue weighted by atomic mass is 19.4. The highest BCUT2D eigenvalue weighted by Crippen LogP contribution is 2.30. The number of hydrogen-bond donors (Lipinski definition) is 3. The van der Waals surface area contributed by atoms with Crippen molar-refractivity contribution >= 4 is 22.5 Å². The summed E-state index contributed by atoms with van der Waals surface area (Å²) in [6, 6.07) is 15.8. The van der Waals surface area contributed by atoms with E-state index in [-0.39, 0.29) is 29.3 Å². The Bertz CT molecular complexity index is 1470. The number of phenols is 1. The maximum Gasteiger partial charge on any atom is 0.416 e. The summed E-state index contributed by atoms with van der Waals surface area (Å²) >= 11 is 0. The van der Waals surface area contributed by atoms with Gasteiger partial charge in [-0.3, -0.25) is 4.79 Å². The van der Waals surface area contributed by atoms with Crippen LogP contribution in [0, 0.1) is 12.3 Å². The molecule has 0 saturated heterocycles. The number of rotatable bonds is 6. The summed E-state index contributed by atoms with van der Waals surface area (Å²) in [5, 5.41) is 22.3. The minimum atomic E-state index is -4.55. The van der Waals surface area contributed by atoms with Gasteiger partial charge in [-0.2, -0.15) is 13.2 Å². The van der Waals surface area contributed by atoms with E-state index in [1.54, 1.807) is 25.1 Å². The molecule has 4 rings (SSSR count). The first-order valence-electron chi connectivity index (χ1n) is 11.2. The molecule has 0 aliphatic heterocycles. The molecule has 4 aromatic rings. The summed E-state index contributed by atoms with van der Waals surface area (Å²) in [4.78, 5) is 21.7. The number of para-hydroxylation sites is 1. The Labute approximate surface area is 205 Å². The van der Waals surface area contributed by atoms with Gasteiger partial charge in [-0.05, 0) is 55.8 Å². The predicted octanol–water partition coefficient (Wildman–Crippen LogP) is 5.91. The number of nitrogens with one attached hydrogen (secondary N) is 2. The molecule has 0 fully saturated rings. The van der Waals surface area contributed by atoms with Gasteiger partial charge in [0.1, 0.15) is 5.75 Å². The number of aromatic hydroxyl groups is 1. The second-order valence-corrected chi connectivity index (χ2v) is 8.57. The van der Waals surface area contributed by atoms with E-state index >= 15 is 0 Å². The predicted molar refractivity (Wildman–Crippen MR) is 131 cm³/mol. The zero-order valence-electron chi connectivity index (χ0n) is 19.5. The number of amides is 1.